The molecule has 0 spiro atoms. The quantitative estimate of drug-likeness (QED) is 0.819. The molecule has 1 aromatic heterocycles. The topological polar surface area (TPSA) is 56.6 Å². The number of hydrogen-bond acceptors (Lipinski definition) is 4. The van der Waals surface area contributed by atoms with Gasteiger partial charge >= 0.3 is 6.18 Å². The van der Waals surface area contributed by atoms with Gasteiger partial charge in [-0.05, 0) is 12.1 Å². The van der Waals surface area contributed by atoms with Crippen LogP contribution in [-0.2, 0) is 6.54 Å². The van der Waals surface area contributed by atoms with Gasteiger partial charge in [0, 0.05) is 25.0 Å². The third-order valence-electron chi connectivity index (χ3n) is 3.43. The van der Waals surface area contributed by atoms with E-state index in [1.54, 1.807) is 6.07 Å². The highest BCUT2D eigenvalue weighted by Gasteiger charge is 2.28. The van der Waals surface area contributed by atoms with Crippen molar-refractivity contribution in [2.24, 2.45) is 0 Å². The van der Waals surface area contributed by atoms with Gasteiger partial charge in [-0.15, -0.1) is 0 Å². The maximum absolute atomic E-state index is 12.4. The SMILES string of the molecule is OC[C@@H](O)CN(CCC(F)(F)F)Cc1ccc2ccccc2n1. The summed E-state index contributed by atoms with van der Waals surface area (Å²) in [6, 6.07) is 11.1. The minimum atomic E-state index is -4.26. The molecular formula is C16H19F3N2O2. The van der Waals surface area contributed by atoms with Crippen molar-refractivity contribution in [1.82, 2.24) is 9.88 Å². The molecule has 0 unspecified atom stereocenters. The van der Waals surface area contributed by atoms with E-state index in [9.17, 15) is 18.3 Å². The van der Waals surface area contributed by atoms with Gasteiger partial charge in [0.1, 0.15) is 0 Å². The van der Waals surface area contributed by atoms with Gasteiger partial charge in [-0.25, -0.2) is 0 Å². The molecule has 0 radical (unpaired) electrons. The lowest BCUT2D eigenvalue weighted by atomic mass is 10.2. The highest BCUT2D eigenvalue weighted by molar-refractivity contribution is 5.78. The first-order valence-corrected chi connectivity index (χ1v) is 7.30. The molecule has 0 amide bonds. The summed E-state index contributed by atoms with van der Waals surface area (Å²) in [4.78, 5) is 5.88. The zero-order valence-electron chi connectivity index (χ0n) is 12.5. The fraction of sp³-hybridized carbons (Fsp3) is 0.438. The predicted octanol–water partition coefficient (Wildman–Crippen LogP) is 2.34. The van der Waals surface area contributed by atoms with Crippen LogP contribution in [0, 0.1) is 0 Å². The number of halogens is 3. The van der Waals surface area contributed by atoms with E-state index in [0.29, 0.717) is 5.69 Å². The van der Waals surface area contributed by atoms with E-state index in [1.165, 1.54) is 4.90 Å². The van der Waals surface area contributed by atoms with Gasteiger partial charge in [-0.2, -0.15) is 13.2 Å². The Morgan fingerprint density at radius 3 is 2.57 bits per heavy atom. The van der Waals surface area contributed by atoms with Crippen molar-refractivity contribution in [2.45, 2.75) is 25.2 Å². The van der Waals surface area contributed by atoms with Crippen LogP contribution in [0.5, 0.6) is 0 Å². The summed E-state index contributed by atoms with van der Waals surface area (Å²) in [7, 11) is 0. The molecule has 1 heterocycles. The number of aromatic nitrogens is 1. The molecule has 0 bridgehead atoms. The lowest BCUT2D eigenvalue weighted by Gasteiger charge is -2.24. The second kappa shape index (κ2) is 7.72. The number of aliphatic hydroxyl groups is 2. The summed E-state index contributed by atoms with van der Waals surface area (Å²) >= 11 is 0. The van der Waals surface area contributed by atoms with Gasteiger partial charge in [0.15, 0.2) is 0 Å². The number of pyridine rings is 1. The Kier molecular flexibility index (Phi) is 5.92. The zero-order valence-corrected chi connectivity index (χ0v) is 12.5. The first-order valence-electron chi connectivity index (χ1n) is 7.30. The molecule has 7 heteroatoms. The molecule has 2 N–H and O–H groups in total. The molecule has 0 saturated heterocycles. The van der Waals surface area contributed by atoms with Gasteiger partial charge in [0.25, 0.3) is 0 Å². The van der Waals surface area contributed by atoms with Gasteiger partial charge in [-0.1, -0.05) is 24.3 Å². The second-order valence-corrected chi connectivity index (χ2v) is 5.43. The van der Waals surface area contributed by atoms with Gasteiger partial charge in [0.2, 0.25) is 0 Å². The standard InChI is InChI=1S/C16H19F3N2O2/c17-16(18,19)7-8-21(10-14(23)11-22)9-13-6-5-12-3-1-2-4-15(12)20-13/h1-6,14,22-23H,7-11H2/t14-/m0/s1. The summed E-state index contributed by atoms with van der Waals surface area (Å²) < 4.78 is 37.3. The lowest BCUT2D eigenvalue weighted by Crippen LogP contribution is -2.36. The third-order valence-corrected chi connectivity index (χ3v) is 3.43. The fourth-order valence-electron chi connectivity index (χ4n) is 2.30. The van der Waals surface area contributed by atoms with E-state index in [4.69, 9.17) is 5.11 Å². The summed E-state index contributed by atoms with van der Waals surface area (Å²) in [6.07, 6.45) is -6.32. The summed E-state index contributed by atoms with van der Waals surface area (Å²) in [5.41, 5.74) is 1.39. The van der Waals surface area contributed by atoms with Crippen LogP contribution in [-0.4, -0.2) is 52.1 Å². The largest absolute Gasteiger partial charge is 0.394 e. The molecule has 2 aromatic rings. The smallest absolute Gasteiger partial charge is 0.390 e. The van der Waals surface area contributed by atoms with Crippen LogP contribution >= 0.6 is 0 Å². The van der Waals surface area contributed by atoms with Crippen molar-refractivity contribution in [3.63, 3.8) is 0 Å². The average Bonchev–Trinajstić information content (AvgIpc) is 2.51. The molecule has 0 aliphatic rings. The molecular weight excluding hydrogens is 309 g/mol. The third kappa shape index (κ3) is 5.78. The van der Waals surface area contributed by atoms with Crippen molar-refractivity contribution in [3.05, 3.63) is 42.1 Å². The Hall–Kier alpha value is -1.70. The molecule has 0 saturated carbocycles. The molecule has 4 nitrogen and oxygen atoms in total. The average molecular weight is 328 g/mol. The van der Waals surface area contributed by atoms with Crippen LogP contribution < -0.4 is 0 Å². The van der Waals surface area contributed by atoms with Gasteiger partial charge in [0.05, 0.1) is 30.3 Å². The molecule has 1 aromatic carbocycles. The molecule has 126 valence electrons. The fourth-order valence-corrected chi connectivity index (χ4v) is 2.30. The normalized spacial score (nSPS) is 13.7. The molecule has 23 heavy (non-hydrogen) atoms. The number of nitrogens with zero attached hydrogens (tertiary/aromatic N) is 2. The van der Waals surface area contributed by atoms with Crippen LogP contribution in [0.25, 0.3) is 10.9 Å². The highest BCUT2D eigenvalue weighted by Crippen LogP contribution is 2.21. The Bertz CT molecular complexity index is 634. The van der Waals surface area contributed by atoms with E-state index >= 15 is 0 Å². The van der Waals surface area contributed by atoms with Crippen molar-refractivity contribution in [2.75, 3.05) is 19.7 Å². The number of hydrogen-bond donors (Lipinski definition) is 2. The molecule has 0 fully saturated rings. The van der Waals surface area contributed by atoms with E-state index in [1.807, 2.05) is 30.3 Å². The Balaban J connectivity index is 2.10. The Morgan fingerprint density at radius 2 is 1.87 bits per heavy atom. The van der Waals surface area contributed by atoms with Crippen LogP contribution in [0.15, 0.2) is 36.4 Å². The molecule has 2 rings (SSSR count). The Morgan fingerprint density at radius 1 is 1.13 bits per heavy atom. The van der Waals surface area contributed by atoms with E-state index in [-0.39, 0.29) is 19.6 Å². The van der Waals surface area contributed by atoms with Crippen LogP contribution in [0.2, 0.25) is 0 Å². The van der Waals surface area contributed by atoms with E-state index < -0.39 is 25.3 Å². The monoisotopic (exact) mass is 328 g/mol. The number of benzene rings is 1. The molecule has 0 aliphatic heterocycles. The van der Waals surface area contributed by atoms with Crippen LogP contribution in [0.1, 0.15) is 12.1 Å². The summed E-state index contributed by atoms with van der Waals surface area (Å²) in [5, 5.41) is 19.4. The van der Waals surface area contributed by atoms with E-state index in [0.717, 1.165) is 10.9 Å². The van der Waals surface area contributed by atoms with Crippen LogP contribution in [0.3, 0.4) is 0 Å². The number of rotatable bonds is 7. The van der Waals surface area contributed by atoms with Crippen molar-refractivity contribution in [3.8, 4) is 0 Å². The van der Waals surface area contributed by atoms with Crippen molar-refractivity contribution >= 4 is 10.9 Å². The zero-order chi connectivity index (χ0) is 16.9. The number of aliphatic hydroxyl groups excluding tert-OH is 2. The first kappa shape index (κ1) is 17.7. The number of alkyl halides is 3. The predicted molar refractivity (Wildman–Crippen MR) is 80.8 cm³/mol. The summed E-state index contributed by atoms with van der Waals surface area (Å²) in [5.74, 6) is 0. The van der Waals surface area contributed by atoms with Gasteiger partial charge in [-0.3, -0.25) is 9.88 Å². The van der Waals surface area contributed by atoms with E-state index in [2.05, 4.69) is 4.98 Å². The summed E-state index contributed by atoms with van der Waals surface area (Å²) in [6.45, 7) is -0.609. The van der Waals surface area contributed by atoms with Gasteiger partial charge < -0.3 is 10.2 Å². The number of fused-ring (bicyclic) bond motifs is 1. The minimum Gasteiger partial charge on any atom is -0.394 e. The number of para-hydroxylation sites is 1. The lowest BCUT2D eigenvalue weighted by molar-refractivity contribution is -0.139. The molecule has 0 aliphatic carbocycles. The maximum atomic E-state index is 12.4. The molecule has 1 atom stereocenters. The van der Waals surface area contributed by atoms with Crippen molar-refractivity contribution in [1.29, 1.82) is 0 Å². The minimum absolute atomic E-state index is 0.0406. The Labute approximate surface area is 132 Å². The van der Waals surface area contributed by atoms with Crippen LogP contribution in [0.4, 0.5) is 13.2 Å². The maximum Gasteiger partial charge on any atom is 0.390 e. The second-order valence-electron chi connectivity index (χ2n) is 5.43. The first-order chi connectivity index (χ1) is 10.9. The van der Waals surface area contributed by atoms with Crippen molar-refractivity contribution < 1.29 is 23.4 Å². The highest BCUT2D eigenvalue weighted by atomic mass is 19.4.